The lowest BCUT2D eigenvalue weighted by Gasteiger charge is -2.43. The Hall–Kier alpha value is -3.69. The van der Waals surface area contributed by atoms with Crippen LogP contribution in [0.25, 0.3) is 6.08 Å². The Kier molecular flexibility index (Phi) is 9.82. The Labute approximate surface area is 252 Å². The first-order chi connectivity index (χ1) is 20.6. The molecule has 0 aliphatic carbocycles. The summed E-state index contributed by atoms with van der Waals surface area (Å²) < 4.78 is 38.9. The van der Waals surface area contributed by atoms with Gasteiger partial charge in [-0.1, -0.05) is 24.3 Å². The zero-order valence-corrected chi connectivity index (χ0v) is 24.9. The average Bonchev–Trinajstić information content (AvgIpc) is 3.00. The SMILES string of the molecule is Cc1cc(Nc2ccc(CN(C(=O)C=Cc3ccc(C(F)(F)F)cc3)C3CCN(C4CCN(C)CC4)CC3)cc2)ccn1. The van der Waals surface area contributed by atoms with E-state index in [4.69, 9.17) is 0 Å². The number of carbonyl (C=O) groups excluding carboxylic acids is 1. The van der Waals surface area contributed by atoms with E-state index in [1.54, 1.807) is 12.3 Å². The third-order valence-electron chi connectivity index (χ3n) is 8.58. The summed E-state index contributed by atoms with van der Waals surface area (Å²) in [5.74, 6) is -0.132. The van der Waals surface area contributed by atoms with Crippen molar-refractivity contribution < 1.29 is 18.0 Å². The van der Waals surface area contributed by atoms with Crippen molar-refractivity contribution in [3.63, 3.8) is 0 Å². The van der Waals surface area contributed by atoms with Crippen LogP contribution in [-0.2, 0) is 17.5 Å². The number of pyridine rings is 1. The number of alkyl halides is 3. The van der Waals surface area contributed by atoms with Crippen molar-refractivity contribution in [2.24, 2.45) is 0 Å². The molecule has 9 heteroatoms. The summed E-state index contributed by atoms with van der Waals surface area (Å²) in [6.07, 6.45) is 4.63. The molecule has 0 bridgehead atoms. The zero-order valence-electron chi connectivity index (χ0n) is 24.9. The third kappa shape index (κ3) is 8.45. The normalized spacial score (nSPS) is 17.8. The minimum absolute atomic E-state index is 0.0878. The topological polar surface area (TPSA) is 51.7 Å². The van der Waals surface area contributed by atoms with E-state index < -0.39 is 11.7 Å². The fraction of sp³-hybridized carbons (Fsp3) is 0.412. The highest BCUT2D eigenvalue weighted by molar-refractivity contribution is 5.92. The number of aromatic nitrogens is 1. The number of hydrogen-bond donors (Lipinski definition) is 1. The van der Waals surface area contributed by atoms with Crippen LogP contribution in [-0.4, -0.2) is 70.9 Å². The van der Waals surface area contributed by atoms with Crippen molar-refractivity contribution in [1.82, 2.24) is 19.7 Å². The maximum absolute atomic E-state index is 13.6. The van der Waals surface area contributed by atoms with E-state index in [-0.39, 0.29) is 11.9 Å². The van der Waals surface area contributed by atoms with Gasteiger partial charge in [-0.3, -0.25) is 9.78 Å². The van der Waals surface area contributed by atoms with Gasteiger partial charge in [0.25, 0.3) is 0 Å². The predicted molar refractivity (Wildman–Crippen MR) is 165 cm³/mol. The fourth-order valence-electron chi connectivity index (χ4n) is 6.04. The first-order valence-corrected chi connectivity index (χ1v) is 15.0. The van der Waals surface area contributed by atoms with Crippen LogP contribution >= 0.6 is 0 Å². The smallest absolute Gasteiger partial charge is 0.355 e. The molecule has 43 heavy (non-hydrogen) atoms. The second-order valence-corrected chi connectivity index (χ2v) is 11.7. The van der Waals surface area contributed by atoms with Crippen molar-refractivity contribution in [2.75, 3.05) is 38.5 Å². The highest BCUT2D eigenvalue weighted by Crippen LogP contribution is 2.29. The first-order valence-electron chi connectivity index (χ1n) is 15.0. The third-order valence-corrected chi connectivity index (χ3v) is 8.58. The van der Waals surface area contributed by atoms with Crippen LogP contribution < -0.4 is 5.32 Å². The molecule has 1 amide bonds. The van der Waals surface area contributed by atoms with Gasteiger partial charge < -0.3 is 20.0 Å². The molecule has 2 saturated heterocycles. The van der Waals surface area contributed by atoms with E-state index in [0.717, 1.165) is 73.8 Å². The molecule has 5 rings (SSSR count). The number of anilines is 2. The molecule has 3 aromatic rings. The van der Waals surface area contributed by atoms with E-state index in [9.17, 15) is 18.0 Å². The van der Waals surface area contributed by atoms with Gasteiger partial charge >= 0.3 is 6.18 Å². The van der Waals surface area contributed by atoms with Crippen LogP contribution in [0, 0.1) is 6.92 Å². The standard InChI is InChI=1S/C34H40F3N5O/c1-25-23-30(13-18-38-25)39-29-10-5-27(6-11-29)24-42(32-16-21-41(22-17-32)31-14-19-40(2)20-15-31)33(43)12-7-26-3-8-28(9-4-26)34(35,36)37/h3-13,18,23,31-32H,14-17,19-22,24H2,1-2H3,(H,38,39). The molecule has 0 atom stereocenters. The average molecular weight is 592 g/mol. The molecule has 2 aliphatic rings. The molecule has 2 fully saturated rings. The lowest BCUT2D eigenvalue weighted by molar-refractivity contribution is -0.137. The number of nitrogens with one attached hydrogen (secondary N) is 1. The number of halogens is 3. The van der Waals surface area contributed by atoms with Gasteiger partial charge in [0, 0.05) is 61.1 Å². The van der Waals surface area contributed by atoms with E-state index in [1.165, 1.54) is 31.1 Å². The van der Waals surface area contributed by atoms with E-state index in [1.807, 2.05) is 48.2 Å². The van der Waals surface area contributed by atoms with Gasteiger partial charge in [-0.15, -0.1) is 0 Å². The molecule has 1 N–H and O–H groups in total. The highest BCUT2D eigenvalue weighted by atomic mass is 19.4. The Morgan fingerprint density at radius 1 is 0.953 bits per heavy atom. The van der Waals surface area contributed by atoms with E-state index >= 15 is 0 Å². The molecule has 0 unspecified atom stereocenters. The number of piperidine rings is 2. The van der Waals surface area contributed by atoms with Crippen LogP contribution in [0.15, 0.2) is 72.9 Å². The van der Waals surface area contributed by atoms with E-state index in [0.29, 0.717) is 18.2 Å². The fourth-order valence-corrected chi connectivity index (χ4v) is 6.04. The molecule has 3 heterocycles. The van der Waals surface area contributed by atoms with Gasteiger partial charge in [-0.05, 0) is 106 Å². The summed E-state index contributed by atoms with van der Waals surface area (Å²) in [6, 6.07) is 17.6. The Morgan fingerprint density at radius 2 is 1.63 bits per heavy atom. The van der Waals surface area contributed by atoms with Gasteiger partial charge in [0.2, 0.25) is 5.91 Å². The number of benzene rings is 2. The number of rotatable bonds is 8. The summed E-state index contributed by atoms with van der Waals surface area (Å²) in [5, 5.41) is 3.39. The molecule has 6 nitrogen and oxygen atoms in total. The van der Waals surface area contributed by atoms with E-state index in [2.05, 4.69) is 27.1 Å². The molecule has 0 radical (unpaired) electrons. The first kappa shape index (κ1) is 30.8. The Balaban J connectivity index is 1.28. The zero-order chi connectivity index (χ0) is 30.4. The maximum Gasteiger partial charge on any atom is 0.416 e. The van der Waals surface area contributed by atoms with Gasteiger partial charge in [0.05, 0.1) is 5.56 Å². The largest absolute Gasteiger partial charge is 0.416 e. The monoisotopic (exact) mass is 591 g/mol. The second-order valence-electron chi connectivity index (χ2n) is 11.7. The summed E-state index contributed by atoms with van der Waals surface area (Å²) in [4.78, 5) is 24.8. The van der Waals surface area contributed by atoms with Gasteiger partial charge in [0.15, 0.2) is 0 Å². The predicted octanol–water partition coefficient (Wildman–Crippen LogP) is 6.75. The molecule has 1 aromatic heterocycles. The molecular formula is C34H40F3N5O. The quantitative estimate of drug-likeness (QED) is 0.294. The number of amides is 1. The van der Waals surface area contributed by atoms with Crippen LogP contribution in [0.5, 0.6) is 0 Å². The molecule has 0 spiro atoms. The maximum atomic E-state index is 13.6. The Bertz CT molecular complexity index is 1370. The van der Waals surface area contributed by atoms with Crippen molar-refractivity contribution in [1.29, 1.82) is 0 Å². The number of carbonyl (C=O) groups is 1. The van der Waals surface area contributed by atoms with Crippen molar-refractivity contribution >= 4 is 23.4 Å². The Morgan fingerprint density at radius 3 is 2.26 bits per heavy atom. The lowest BCUT2D eigenvalue weighted by Crippen LogP contribution is -2.51. The molecule has 2 aromatic carbocycles. The molecule has 0 saturated carbocycles. The summed E-state index contributed by atoms with van der Waals surface area (Å²) in [7, 11) is 2.17. The van der Waals surface area contributed by atoms with Crippen LogP contribution in [0.4, 0.5) is 24.5 Å². The minimum atomic E-state index is -4.39. The van der Waals surface area contributed by atoms with Crippen LogP contribution in [0.1, 0.15) is 48.1 Å². The summed E-state index contributed by atoms with van der Waals surface area (Å²) in [6.45, 7) is 6.57. The molecule has 2 aliphatic heterocycles. The lowest BCUT2D eigenvalue weighted by atomic mass is 9.96. The molecular weight excluding hydrogens is 551 g/mol. The second kappa shape index (κ2) is 13.7. The van der Waals surface area contributed by atoms with Gasteiger partial charge in [-0.2, -0.15) is 13.2 Å². The van der Waals surface area contributed by atoms with Crippen molar-refractivity contribution in [2.45, 2.75) is 57.4 Å². The highest BCUT2D eigenvalue weighted by Gasteiger charge is 2.32. The number of hydrogen-bond acceptors (Lipinski definition) is 5. The number of aryl methyl sites for hydroxylation is 1. The number of nitrogens with zero attached hydrogens (tertiary/aromatic N) is 4. The van der Waals surface area contributed by atoms with Gasteiger partial charge in [0.1, 0.15) is 0 Å². The van der Waals surface area contributed by atoms with Crippen LogP contribution in [0.3, 0.4) is 0 Å². The minimum Gasteiger partial charge on any atom is -0.355 e. The molecule has 228 valence electrons. The summed E-state index contributed by atoms with van der Waals surface area (Å²) >= 11 is 0. The van der Waals surface area contributed by atoms with Crippen molar-refractivity contribution in [3.05, 3.63) is 95.3 Å². The van der Waals surface area contributed by atoms with Crippen molar-refractivity contribution in [3.8, 4) is 0 Å². The summed E-state index contributed by atoms with van der Waals surface area (Å²) in [5.41, 5.74) is 3.71. The van der Waals surface area contributed by atoms with Gasteiger partial charge in [-0.25, -0.2) is 0 Å². The number of likely N-dealkylation sites (tertiary alicyclic amines) is 2. The van der Waals surface area contributed by atoms with Crippen LogP contribution in [0.2, 0.25) is 0 Å².